The van der Waals surface area contributed by atoms with Crippen LogP contribution in [0.3, 0.4) is 0 Å². The third kappa shape index (κ3) is 3.14. The molecular formula is C18H15N5O2S. The first kappa shape index (κ1) is 16.2. The highest BCUT2D eigenvalue weighted by Gasteiger charge is 2.16. The van der Waals surface area contributed by atoms with Gasteiger partial charge in [0, 0.05) is 11.8 Å². The number of carbonyl (C=O) groups is 1. The average molecular weight is 365 g/mol. The van der Waals surface area contributed by atoms with Gasteiger partial charge in [0.25, 0.3) is 5.91 Å². The number of nitrogens with one attached hydrogen (secondary N) is 1. The van der Waals surface area contributed by atoms with Crippen LogP contribution in [0, 0.1) is 0 Å². The molecule has 4 aromatic rings. The van der Waals surface area contributed by atoms with Crippen LogP contribution in [0.5, 0.6) is 5.88 Å². The van der Waals surface area contributed by atoms with Gasteiger partial charge in [0.2, 0.25) is 16.0 Å². The van der Waals surface area contributed by atoms with Crippen LogP contribution >= 0.6 is 11.3 Å². The molecule has 0 aliphatic rings. The van der Waals surface area contributed by atoms with Gasteiger partial charge < -0.3 is 4.74 Å². The van der Waals surface area contributed by atoms with Crippen molar-refractivity contribution in [1.29, 1.82) is 0 Å². The maximum Gasteiger partial charge on any atom is 0.262 e. The van der Waals surface area contributed by atoms with Crippen molar-refractivity contribution in [3.63, 3.8) is 0 Å². The smallest absolute Gasteiger partial charge is 0.262 e. The molecule has 0 bridgehead atoms. The number of rotatable bonds is 5. The number of amides is 1. The minimum atomic E-state index is -0.318. The average Bonchev–Trinajstić information content (AvgIpc) is 3.22. The summed E-state index contributed by atoms with van der Waals surface area (Å²) in [4.78, 5) is 21.9. The lowest BCUT2D eigenvalue weighted by Gasteiger charge is -2.07. The number of hydrogen-bond donors (Lipinski definition) is 1. The van der Waals surface area contributed by atoms with E-state index in [2.05, 4.69) is 20.4 Å². The van der Waals surface area contributed by atoms with Crippen LogP contribution in [0.1, 0.15) is 17.3 Å². The SMILES string of the molecule is CCOc1ncccc1C(=O)Nc1nn2cc(-c3ccccc3)nc2s1. The lowest BCUT2D eigenvalue weighted by molar-refractivity contribution is 0.102. The van der Waals surface area contributed by atoms with E-state index < -0.39 is 0 Å². The second kappa shape index (κ2) is 6.93. The summed E-state index contributed by atoms with van der Waals surface area (Å²) in [6, 6.07) is 13.2. The van der Waals surface area contributed by atoms with E-state index in [-0.39, 0.29) is 5.91 Å². The predicted molar refractivity (Wildman–Crippen MR) is 99.7 cm³/mol. The zero-order valence-corrected chi connectivity index (χ0v) is 14.7. The first-order valence-corrected chi connectivity index (χ1v) is 8.87. The largest absolute Gasteiger partial charge is 0.477 e. The van der Waals surface area contributed by atoms with Gasteiger partial charge in [-0.1, -0.05) is 41.7 Å². The van der Waals surface area contributed by atoms with E-state index in [9.17, 15) is 4.79 Å². The fourth-order valence-corrected chi connectivity index (χ4v) is 3.25. The van der Waals surface area contributed by atoms with E-state index >= 15 is 0 Å². The first-order valence-electron chi connectivity index (χ1n) is 8.05. The predicted octanol–water partition coefficient (Wildman–Crippen LogP) is 3.50. The third-order valence-electron chi connectivity index (χ3n) is 3.63. The summed E-state index contributed by atoms with van der Waals surface area (Å²) >= 11 is 1.30. The van der Waals surface area contributed by atoms with Crippen molar-refractivity contribution >= 4 is 27.3 Å². The summed E-state index contributed by atoms with van der Waals surface area (Å²) in [6.07, 6.45) is 3.43. The van der Waals surface area contributed by atoms with Gasteiger partial charge in [0.1, 0.15) is 5.56 Å². The normalized spacial score (nSPS) is 10.8. The van der Waals surface area contributed by atoms with E-state index in [0.717, 1.165) is 11.3 Å². The number of hydrogen-bond acceptors (Lipinski definition) is 6. The summed E-state index contributed by atoms with van der Waals surface area (Å²) in [6.45, 7) is 2.28. The molecule has 26 heavy (non-hydrogen) atoms. The Bertz CT molecular complexity index is 1030. The monoisotopic (exact) mass is 365 g/mol. The number of carbonyl (C=O) groups excluding carboxylic acids is 1. The van der Waals surface area contributed by atoms with Crippen LogP contribution in [-0.4, -0.2) is 32.1 Å². The lowest BCUT2D eigenvalue weighted by Crippen LogP contribution is -2.14. The Kier molecular flexibility index (Phi) is 4.32. The number of ether oxygens (including phenoxy) is 1. The van der Waals surface area contributed by atoms with Crippen LogP contribution in [-0.2, 0) is 0 Å². The number of benzene rings is 1. The van der Waals surface area contributed by atoms with Gasteiger partial charge >= 0.3 is 0 Å². The highest BCUT2D eigenvalue weighted by Crippen LogP contribution is 2.25. The standard InChI is InChI=1S/C18H15N5O2S/c1-2-25-16-13(9-6-10-19-16)15(24)21-17-22-23-11-14(20-18(23)26-17)12-7-4-3-5-8-12/h3-11H,2H2,1H3,(H,21,22,24). The summed E-state index contributed by atoms with van der Waals surface area (Å²) in [5.41, 5.74) is 2.23. The molecule has 0 atom stereocenters. The van der Waals surface area contributed by atoms with Crippen molar-refractivity contribution in [2.24, 2.45) is 0 Å². The maximum atomic E-state index is 12.5. The molecule has 130 valence electrons. The molecule has 1 N–H and O–H groups in total. The van der Waals surface area contributed by atoms with Crippen molar-refractivity contribution in [3.05, 3.63) is 60.4 Å². The minimum absolute atomic E-state index is 0.306. The van der Waals surface area contributed by atoms with Gasteiger partial charge in [-0.25, -0.2) is 14.5 Å². The third-order valence-corrected chi connectivity index (χ3v) is 4.47. The molecule has 8 heteroatoms. The molecular weight excluding hydrogens is 350 g/mol. The second-order valence-electron chi connectivity index (χ2n) is 5.37. The number of nitrogens with zero attached hydrogens (tertiary/aromatic N) is 4. The summed E-state index contributed by atoms with van der Waals surface area (Å²) in [7, 11) is 0. The van der Waals surface area contributed by atoms with Gasteiger partial charge in [-0.2, -0.15) is 0 Å². The van der Waals surface area contributed by atoms with Gasteiger partial charge in [0.05, 0.1) is 18.5 Å². The Morgan fingerprint density at radius 2 is 2.08 bits per heavy atom. The van der Waals surface area contributed by atoms with Gasteiger partial charge in [-0.3, -0.25) is 10.1 Å². The number of fused-ring (bicyclic) bond motifs is 1. The van der Waals surface area contributed by atoms with Crippen molar-refractivity contribution in [1.82, 2.24) is 19.6 Å². The Morgan fingerprint density at radius 3 is 2.85 bits per heavy atom. The fourth-order valence-electron chi connectivity index (χ4n) is 2.48. The highest BCUT2D eigenvalue weighted by atomic mass is 32.1. The lowest BCUT2D eigenvalue weighted by atomic mass is 10.2. The Balaban J connectivity index is 1.56. The van der Waals surface area contributed by atoms with Crippen molar-refractivity contribution in [3.8, 4) is 17.1 Å². The van der Waals surface area contributed by atoms with Crippen LogP contribution < -0.4 is 10.1 Å². The van der Waals surface area contributed by atoms with Crippen LogP contribution in [0.2, 0.25) is 0 Å². The van der Waals surface area contributed by atoms with E-state index in [1.807, 2.05) is 43.5 Å². The molecule has 0 radical (unpaired) electrons. The number of pyridine rings is 1. The van der Waals surface area contributed by atoms with E-state index in [0.29, 0.717) is 28.1 Å². The second-order valence-corrected chi connectivity index (χ2v) is 6.33. The topological polar surface area (TPSA) is 81.4 Å². The Morgan fingerprint density at radius 1 is 1.23 bits per heavy atom. The molecule has 0 aliphatic heterocycles. The van der Waals surface area contributed by atoms with Crippen molar-refractivity contribution in [2.45, 2.75) is 6.92 Å². The van der Waals surface area contributed by atoms with Crippen LogP contribution in [0.25, 0.3) is 16.2 Å². The fraction of sp³-hybridized carbons (Fsp3) is 0.111. The maximum absolute atomic E-state index is 12.5. The minimum Gasteiger partial charge on any atom is -0.477 e. The molecule has 0 aliphatic carbocycles. The number of aromatic nitrogens is 4. The zero-order chi connectivity index (χ0) is 17.9. The molecule has 4 rings (SSSR count). The van der Waals surface area contributed by atoms with Gasteiger partial charge in [-0.15, -0.1) is 5.10 Å². The molecule has 3 heterocycles. The Labute approximate surface area is 153 Å². The molecule has 0 saturated heterocycles. The Hall–Kier alpha value is -3.26. The van der Waals surface area contributed by atoms with Crippen molar-refractivity contribution < 1.29 is 9.53 Å². The quantitative estimate of drug-likeness (QED) is 0.585. The molecule has 0 unspecified atom stereocenters. The van der Waals surface area contributed by atoms with Crippen LogP contribution in [0.15, 0.2) is 54.9 Å². The number of anilines is 1. The van der Waals surface area contributed by atoms with Crippen molar-refractivity contribution in [2.75, 3.05) is 11.9 Å². The molecule has 1 aromatic carbocycles. The summed E-state index contributed by atoms with van der Waals surface area (Å²) in [5.74, 6) is -0.0120. The highest BCUT2D eigenvalue weighted by molar-refractivity contribution is 7.20. The van der Waals surface area contributed by atoms with Crippen LogP contribution in [0.4, 0.5) is 5.13 Å². The van der Waals surface area contributed by atoms with Gasteiger partial charge in [0.15, 0.2) is 0 Å². The van der Waals surface area contributed by atoms with Gasteiger partial charge in [-0.05, 0) is 19.1 Å². The summed E-state index contributed by atoms with van der Waals surface area (Å²) in [5, 5.41) is 7.62. The van der Waals surface area contributed by atoms with E-state index in [1.165, 1.54) is 11.3 Å². The molecule has 0 spiro atoms. The zero-order valence-electron chi connectivity index (χ0n) is 13.9. The van der Waals surface area contributed by atoms with E-state index in [4.69, 9.17) is 4.74 Å². The summed E-state index contributed by atoms with van der Waals surface area (Å²) < 4.78 is 7.06. The van der Waals surface area contributed by atoms with E-state index in [1.54, 1.807) is 22.8 Å². The molecule has 0 fully saturated rings. The first-order chi connectivity index (χ1) is 12.7. The number of imidazole rings is 1. The molecule has 1 amide bonds. The molecule has 3 aromatic heterocycles. The molecule has 0 saturated carbocycles. The molecule has 7 nitrogen and oxygen atoms in total.